The third-order valence-corrected chi connectivity index (χ3v) is 7.34. The van der Waals surface area contributed by atoms with Gasteiger partial charge >= 0.3 is 0 Å². The van der Waals surface area contributed by atoms with Gasteiger partial charge in [-0.1, -0.05) is 24.3 Å². The van der Waals surface area contributed by atoms with E-state index in [1.807, 2.05) is 48.3 Å². The molecule has 5 nitrogen and oxygen atoms in total. The van der Waals surface area contributed by atoms with E-state index in [0.29, 0.717) is 24.9 Å². The molecule has 3 aromatic rings. The number of benzene rings is 2. The van der Waals surface area contributed by atoms with E-state index in [1.165, 1.54) is 0 Å². The molecule has 2 aliphatic heterocycles. The zero-order valence-electron chi connectivity index (χ0n) is 18.0. The Bertz CT molecular complexity index is 1280. The topological polar surface area (TPSA) is 53.5 Å². The number of carbonyl (C=O) groups excluding carboxylic acids is 2. The zero-order chi connectivity index (χ0) is 22.0. The van der Waals surface area contributed by atoms with Gasteiger partial charge in [0.25, 0.3) is 11.8 Å². The molecule has 3 heterocycles. The van der Waals surface area contributed by atoms with Crippen LogP contribution in [0.25, 0.3) is 22.0 Å². The van der Waals surface area contributed by atoms with Gasteiger partial charge in [-0.2, -0.15) is 0 Å². The van der Waals surface area contributed by atoms with Crippen molar-refractivity contribution in [3.8, 4) is 11.1 Å². The third-order valence-electron chi connectivity index (χ3n) is 7.34. The number of para-hydroxylation sites is 1. The predicted molar refractivity (Wildman–Crippen MR) is 120 cm³/mol. The Hall–Kier alpha value is -3.28. The van der Waals surface area contributed by atoms with Crippen molar-refractivity contribution in [2.24, 2.45) is 0 Å². The van der Waals surface area contributed by atoms with Crippen LogP contribution in [0.5, 0.6) is 0 Å². The Labute approximate surface area is 185 Å². The summed E-state index contributed by atoms with van der Waals surface area (Å²) in [5.41, 5.74) is 5.06. The molecule has 2 fully saturated rings. The van der Waals surface area contributed by atoms with Gasteiger partial charge in [0.15, 0.2) is 0 Å². The molecule has 0 radical (unpaired) electrons. The number of piperidine rings is 1. The van der Waals surface area contributed by atoms with E-state index in [9.17, 15) is 14.0 Å². The molecule has 6 heteroatoms. The number of fused-ring (bicyclic) bond motifs is 3. The van der Waals surface area contributed by atoms with E-state index in [-0.39, 0.29) is 23.9 Å². The SMILES string of the molecule is CN1C(=O)c2ccc(-c3cccc4cc(C(=O)N5CCCC(F)C5)cnc34)cc2C12CC2. The van der Waals surface area contributed by atoms with E-state index < -0.39 is 6.17 Å². The van der Waals surface area contributed by atoms with E-state index in [1.54, 1.807) is 11.1 Å². The van der Waals surface area contributed by atoms with Gasteiger partial charge in [0.2, 0.25) is 0 Å². The van der Waals surface area contributed by atoms with Crippen molar-refractivity contribution in [1.82, 2.24) is 14.8 Å². The number of likely N-dealkylation sites (tertiary alicyclic amines) is 1. The molecule has 2 amide bonds. The number of rotatable bonds is 2. The summed E-state index contributed by atoms with van der Waals surface area (Å²) < 4.78 is 13.8. The Kier molecular flexibility index (Phi) is 4.16. The number of amides is 2. The second kappa shape index (κ2) is 6.86. The molecule has 1 spiro atoms. The fourth-order valence-electron chi connectivity index (χ4n) is 5.37. The smallest absolute Gasteiger partial charge is 0.255 e. The highest BCUT2D eigenvalue weighted by molar-refractivity contribution is 6.03. The summed E-state index contributed by atoms with van der Waals surface area (Å²) in [6.07, 6.45) is 3.86. The third kappa shape index (κ3) is 2.78. The lowest BCUT2D eigenvalue weighted by Crippen LogP contribution is -2.40. The minimum Gasteiger partial charge on any atom is -0.336 e. The summed E-state index contributed by atoms with van der Waals surface area (Å²) in [5, 5.41) is 0.872. The maximum absolute atomic E-state index is 13.8. The van der Waals surface area contributed by atoms with Gasteiger partial charge in [-0.15, -0.1) is 0 Å². The first-order valence-electron chi connectivity index (χ1n) is 11.2. The Morgan fingerprint density at radius 1 is 1.16 bits per heavy atom. The first kappa shape index (κ1) is 19.4. The number of aromatic nitrogens is 1. The number of pyridine rings is 1. The molecular weight excluding hydrogens is 405 g/mol. The molecule has 3 aliphatic rings. The van der Waals surface area contributed by atoms with Crippen molar-refractivity contribution in [3.05, 3.63) is 65.4 Å². The molecule has 1 aliphatic carbocycles. The number of nitrogens with zero attached hydrogens (tertiary/aromatic N) is 3. The van der Waals surface area contributed by atoms with Gasteiger partial charge in [0, 0.05) is 36.3 Å². The van der Waals surface area contributed by atoms with Crippen LogP contribution in [0.4, 0.5) is 4.39 Å². The number of halogens is 1. The minimum absolute atomic E-state index is 0.0940. The van der Waals surface area contributed by atoms with Crippen molar-refractivity contribution < 1.29 is 14.0 Å². The highest BCUT2D eigenvalue weighted by Crippen LogP contribution is 2.56. The average molecular weight is 429 g/mol. The van der Waals surface area contributed by atoms with Crippen molar-refractivity contribution in [3.63, 3.8) is 0 Å². The lowest BCUT2D eigenvalue weighted by atomic mass is 9.95. The fraction of sp³-hybridized carbons (Fsp3) is 0.346. The van der Waals surface area contributed by atoms with Crippen LogP contribution in [0.15, 0.2) is 48.7 Å². The number of hydrogen-bond acceptors (Lipinski definition) is 3. The summed E-state index contributed by atoms with van der Waals surface area (Å²) in [6.45, 7) is 0.738. The summed E-state index contributed by atoms with van der Waals surface area (Å²) in [5.74, 6) is -0.0709. The Morgan fingerprint density at radius 3 is 2.78 bits per heavy atom. The normalized spacial score (nSPS) is 21.3. The van der Waals surface area contributed by atoms with Crippen LogP contribution in [-0.2, 0) is 5.54 Å². The molecule has 1 saturated heterocycles. The standard InChI is InChI=1S/C26H24FN3O2/c1-29-25(32)21-8-7-16(13-22(21)26(29)9-10-26)20-6-2-4-17-12-18(14-28-23(17)20)24(31)30-11-3-5-19(27)15-30/h2,4,6-8,12-14,19H,3,5,9-11,15H2,1H3. The maximum atomic E-state index is 13.8. The molecular formula is C26H24FN3O2. The van der Waals surface area contributed by atoms with Crippen LogP contribution >= 0.6 is 0 Å². The second-order valence-corrected chi connectivity index (χ2v) is 9.25. The van der Waals surface area contributed by atoms with Crippen molar-refractivity contribution in [1.29, 1.82) is 0 Å². The molecule has 1 aromatic heterocycles. The molecule has 1 saturated carbocycles. The second-order valence-electron chi connectivity index (χ2n) is 9.25. The van der Waals surface area contributed by atoms with Crippen LogP contribution in [0.1, 0.15) is 52.0 Å². The van der Waals surface area contributed by atoms with Crippen LogP contribution in [0.3, 0.4) is 0 Å². The molecule has 2 aromatic carbocycles. The molecule has 0 bridgehead atoms. The van der Waals surface area contributed by atoms with Gasteiger partial charge < -0.3 is 9.80 Å². The molecule has 32 heavy (non-hydrogen) atoms. The van der Waals surface area contributed by atoms with E-state index in [0.717, 1.165) is 46.0 Å². The van der Waals surface area contributed by atoms with Gasteiger partial charge in [0.1, 0.15) is 6.17 Å². The maximum Gasteiger partial charge on any atom is 0.255 e. The van der Waals surface area contributed by atoms with E-state index in [2.05, 4.69) is 11.1 Å². The number of hydrogen-bond donors (Lipinski definition) is 0. The minimum atomic E-state index is -0.951. The van der Waals surface area contributed by atoms with Gasteiger partial charge in [-0.25, -0.2) is 4.39 Å². The zero-order valence-corrected chi connectivity index (χ0v) is 18.0. The fourth-order valence-corrected chi connectivity index (χ4v) is 5.37. The van der Waals surface area contributed by atoms with Crippen LogP contribution in [-0.4, -0.2) is 52.9 Å². The van der Waals surface area contributed by atoms with E-state index in [4.69, 9.17) is 0 Å². The lowest BCUT2D eigenvalue weighted by Gasteiger charge is -2.29. The van der Waals surface area contributed by atoms with Gasteiger partial charge in [0.05, 0.1) is 23.2 Å². The highest BCUT2D eigenvalue weighted by atomic mass is 19.1. The Morgan fingerprint density at radius 2 is 2.00 bits per heavy atom. The lowest BCUT2D eigenvalue weighted by molar-refractivity contribution is 0.0635. The average Bonchev–Trinajstić information content (AvgIpc) is 3.60. The Balaban J connectivity index is 1.38. The van der Waals surface area contributed by atoms with Gasteiger partial charge in [-0.3, -0.25) is 14.6 Å². The van der Waals surface area contributed by atoms with Crippen LogP contribution < -0.4 is 0 Å². The largest absolute Gasteiger partial charge is 0.336 e. The first-order valence-corrected chi connectivity index (χ1v) is 11.2. The predicted octanol–water partition coefficient (Wildman–Crippen LogP) is 4.55. The van der Waals surface area contributed by atoms with Gasteiger partial charge in [-0.05, 0) is 55.0 Å². The summed E-state index contributed by atoms with van der Waals surface area (Å²) in [6, 6.07) is 13.8. The molecule has 0 N–H and O–H groups in total. The van der Waals surface area contributed by atoms with Crippen LogP contribution in [0, 0.1) is 0 Å². The molecule has 6 rings (SSSR count). The first-order chi connectivity index (χ1) is 15.5. The molecule has 162 valence electrons. The molecule has 1 unspecified atom stereocenters. The highest BCUT2D eigenvalue weighted by Gasteiger charge is 2.56. The summed E-state index contributed by atoms with van der Waals surface area (Å²) >= 11 is 0. The molecule has 1 atom stereocenters. The van der Waals surface area contributed by atoms with Crippen LogP contribution in [0.2, 0.25) is 0 Å². The van der Waals surface area contributed by atoms with Crippen molar-refractivity contribution in [2.75, 3.05) is 20.1 Å². The quantitative estimate of drug-likeness (QED) is 0.601. The number of carbonyl (C=O) groups is 2. The van der Waals surface area contributed by atoms with E-state index >= 15 is 0 Å². The summed E-state index contributed by atoms with van der Waals surface area (Å²) in [4.78, 5) is 33.6. The van der Waals surface area contributed by atoms with Crippen molar-refractivity contribution in [2.45, 2.75) is 37.4 Å². The number of alkyl halides is 1. The van der Waals surface area contributed by atoms with Crippen molar-refractivity contribution >= 4 is 22.7 Å². The summed E-state index contributed by atoms with van der Waals surface area (Å²) in [7, 11) is 1.89. The monoisotopic (exact) mass is 429 g/mol.